The molecule has 0 heterocycles. The van der Waals surface area contributed by atoms with Crippen molar-refractivity contribution in [3.05, 3.63) is 56.5 Å². The lowest BCUT2D eigenvalue weighted by molar-refractivity contribution is -0.140. The summed E-state index contributed by atoms with van der Waals surface area (Å²) in [5.41, 5.74) is 6.11. The number of hydrogen-bond acceptors (Lipinski definition) is 5. The van der Waals surface area contributed by atoms with E-state index in [0.717, 1.165) is 0 Å². The van der Waals surface area contributed by atoms with Crippen LogP contribution in [0.15, 0.2) is 41.4 Å². The van der Waals surface area contributed by atoms with Gasteiger partial charge in [-0.05, 0) is 30.7 Å². The second-order valence-electron chi connectivity index (χ2n) is 5.73. The number of anilines is 1. The molecule has 154 valence electrons. The summed E-state index contributed by atoms with van der Waals surface area (Å²) in [5, 5.41) is 1.24. The van der Waals surface area contributed by atoms with E-state index in [1.807, 2.05) is 0 Å². The molecule has 0 atom stereocenters. The monoisotopic (exact) mass is 475 g/mol. The van der Waals surface area contributed by atoms with Crippen LogP contribution >= 0.6 is 46.4 Å². The van der Waals surface area contributed by atoms with Gasteiger partial charge in [-0.2, -0.15) is 0 Å². The molecular weight excluding hydrogens is 460 g/mol. The highest BCUT2D eigenvalue weighted by molar-refractivity contribution is 6.43. The summed E-state index contributed by atoms with van der Waals surface area (Å²) in [7, 11) is 1.29. The van der Waals surface area contributed by atoms with Crippen molar-refractivity contribution in [2.75, 3.05) is 12.5 Å². The van der Waals surface area contributed by atoms with Crippen LogP contribution in [0.4, 0.5) is 11.4 Å². The van der Waals surface area contributed by atoms with E-state index in [-0.39, 0.29) is 46.6 Å². The third-order valence-corrected chi connectivity index (χ3v) is 4.95. The van der Waals surface area contributed by atoms with Crippen molar-refractivity contribution >= 4 is 75.4 Å². The number of rotatable bonds is 8. The first-order valence-electron chi connectivity index (χ1n) is 8.42. The summed E-state index contributed by atoms with van der Waals surface area (Å²) < 4.78 is 4.58. The summed E-state index contributed by atoms with van der Waals surface area (Å²) in [6.07, 6.45) is 0.433. The minimum Gasteiger partial charge on any atom is -0.469 e. The van der Waals surface area contributed by atoms with E-state index in [1.165, 1.54) is 7.11 Å². The number of carbonyl (C=O) groups is 2. The van der Waals surface area contributed by atoms with Gasteiger partial charge < -0.3 is 4.74 Å². The Morgan fingerprint density at radius 1 is 0.931 bits per heavy atom. The lowest BCUT2D eigenvalue weighted by atomic mass is 10.1. The number of para-hydroxylation sites is 2. The maximum atomic E-state index is 12.7. The maximum Gasteiger partial charge on any atom is 0.305 e. The Hall–Kier alpha value is -1.99. The molecule has 2 rings (SSSR count). The Balaban J connectivity index is 2.26. The molecule has 0 saturated carbocycles. The number of nitrogens with one attached hydrogen (secondary N) is 2. The van der Waals surface area contributed by atoms with Crippen LogP contribution < -0.4 is 10.9 Å². The van der Waals surface area contributed by atoms with Crippen LogP contribution in [0.2, 0.25) is 20.1 Å². The summed E-state index contributed by atoms with van der Waals surface area (Å²) in [4.78, 5) is 28.2. The fourth-order valence-electron chi connectivity index (χ4n) is 2.22. The largest absolute Gasteiger partial charge is 0.469 e. The first-order chi connectivity index (χ1) is 13.8. The number of esters is 1. The summed E-state index contributed by atoms with van der Waals surface area (Å²) in [6.45, 7) is 0. The lowest BCUT2D eigenvalue weighted by Gasteiger charge is -2.14. The van der Waals surface area contributed by atoms with E-state index in [1.54, 1.807) is 36.4 Å². The zero-order valence-electron chi connectivity index (χ0n) is 15.3. The van der Waals surface area contributed by atoms with Crippen LogP contribution in [0.1, 0.15) is 19.3 Å². The molecule has 0 bridgehead atoms. The van der Waals surface area contributed by atoms with Crippen LogP contribution in [0.25, 0.3) is 0 Å². The third kappa shape index (κ3) is 6.78. The molecule has 0 aromatic heterocycles. The first-order valence-corrected chi connectivity index (χ1v) is 9.93. The van der Waals surface area contributed by atoms with Gasteiger partial charge in [0, 0.05) is 12.8 Å². The van der Waals surface area contributed by atoms with Crippen LogP contribution in [0, 0.1) is 0 Å². The Morgan fingerprint density at radius 3 is 2.03 bits per heavy atom. The first kappa shape index (κ1) is 23.3. The van der Waals surface area contributed by atoms with E-state index in [9.17, 15) is 9.59 Å². The highest BCUT2D eigenvalue weighted by Crippen LogP contribution is 2.33. The van der Waals surface area contributed by atoms with Gasteiger partial charge in [0.1, 0.15) is 5.69 Å². The number of ketones is 1. The zero-order valence-corrected chi connectivity index (χ0v) is 18.3. The van der Waals surface area contributed by atoms with Gasteiger partial charge in [0.25, 0.3) is 0 Å². The topological polar surface area (TPSA) is 79.8 Å². The van der Waals surface area contributed by atoms with E-state index in [0.29, 0.717) is 15.7 Å². The van der Waals surface area contributed by atoms with Gasteiger partial charge in [0.2, 0.25) is 0 Å². The number of carbonyl (C=O) groups excluding carboxylic acids is 2. The van der Waals surface area contributed by atoms with Crippen LogP contribution in [-0.4, -0.2) is 24.7 Å². The molecule has 0 aliphatic heterocycles. The summed E-state index contributed by atoms with van der Waals surface area (Å²) >= 11 is 24.6. The molecule has 0 unspecified atom stereocenters. The van der Waals surface area contributed by atoms with Gasteiger partial charge in [0.15, 0.2) is 11.6 Å². The van der Waals surface area contributed by atoms with Crippen LogP contribution in [0.3, 0.4) is 0 Å². The smallest absolute Gasteiger partial charge is 0.305 e. The third-order valence-electron chi connectivity index (χ3n) is 3.71. The molecule has 6 nitrogen and oxygen atoms in total. The Kier molecular flexibility index (Phi) is 9.04. The van der Waals surface area contributed by atoms with Crippen molar-refractivity contribution in [3.8, 4) is 0 Å². The molecule has 2 N–H and O–H groups in total. The number of nitrogens with zero attached hydrogens (tertiary/aromatic N) is 1. The number of benzene rings is 2. The SMILES string of the molecule is COC(=O)CCCC(=O)C(=Nc1c(Cl)cccc1Cl)NNc1c(Cl)cccc1Cl. The normalized spacial score (nSPS) is 11.1. The molecule has 0 radical (unpaired) electrons. The van der Waals surface area contributed by atoms with Gasteiger partial charge in [-0.15, -0.1) is 0 Å². The average molecular weight is 477 g/mol. The molecule has 10 heteroatoms. The number of halogens is 4. The van der Waals surface area contributed by atoms with Gasteiger partial charge >= 0.3 is 5.97 Å². The Bertz CT molecular complexity index is 894. The highest BCUT2D eigenvalue weighted by Gasteiger charge is 2.16. The molecule has 2 aromatic rings. The van der Waals surface area contributed by atoms with Crippen molar-refractivity contribution < 1.29 is 14.3 Å². The number of aliphatic imine (C=N–C) groups is 1. The molecule has 0 spiro atoms. The summed E-state index contributed by atoms with van der Waals surface area (Å²) in [6, 6.07) is 9.83. The molecular formula is C19H17Cl4N3O3. The van der Waals surface area contributed by atoms with E-state index in [2.05, 4.69) is 20.6 Å². The van der Waals surface area contributed by atoms with E-state index >= 15 is 0 Å². The standard InChI is InChI=1S/C19H17Cl4N3O3/c1-29-16(28)10-4-9-15(27)19(24-17-11(20)5-2-6-12(17)21)26-25-18-13(22)7-3-8-14(18)23/h2-3,5-8,25H,4,9-10H2,1H3,(H,24,26). The van der Waals surface area contributed by atoms with E-state index in [4.69, 9.17) is 46.4 Å². The van der Waals surface area contributed by atoms with Crippen molar-refractivity contribution in [1.29, 1.82) is 0 Å². The predicted octanol–water partition coefficient (Wildman–Crippen LogP) is 5.86. The molecule has 2 aromatic carbocycles. The Morgan fingerprint density at radius 2 is 1.48 bits per heavy atom. The minimum atomic E-state index is -0.403. The molecule has 0 aliphatic rings. The molecule has 0 saturated heterocycles. The number of methoxy groups -OCH3 is 1. The lowest BCUT2D eigenvalue weighted by Crippen LogP contribution is -2.35. The highest BCUT2D eigenvalue weighted by atomic mass is 35.5. The number of hydrazine groups is 1. The second kappa shape index (κ2) is 11.3. The fourth-order valence-corrected chi connectivity index (χ4v) is 3.19. The molecule has 0 amide bonds. The van der Waals surface area contributed by atoms with Crippen LogP contribution in [-0.2, 0) is 14.3 Å². The second-order valence-corrected chi connectivity index (χ2v) is 7.36. The van der Waals surface area contributed by atoms with Crippen molar-refractivity contribution in [2.24, 2.45) is 4.99 Å². The maximum absolute atomic E-state index is 12.7. The number of amidine groups is 1. The van der Waals surface area contributed by atoms with Gasteiger partial charge in [-0.3, -0.25) is 20.4 Å². The fraction of sp³-hybridized carbons (Fsp3) is 0.211. The van der Waals surface area contributed by atoms with Gasteiger partial charge in [-0.25, -0.2) is 4.99 Å². The summed E-state index contributed by atoms with van der Waals surface area (Å²) in [5.74, 6) is -0.846. The van der Waals surface area contributed by atoms with Crippen molar-refractivity contribution in [3.63, 3.8) is 0 Å². The molecule has 0 fully saturated rings. The molecule has 29 heavy (non-hydrogen) atoms. The predicted molar refractivity (Wildman–Crippen MR) is 118 cm³/mol. The van der Waals surface area contributed by atoms with E-state index < -0.39 is 5.97 Å². The van der Waals surface area contributed by atoms with Crippen molar-refractivity contribution in [2.45, 2.75) is 19.3 Å². The number of ether oxygens (including phenoxy) is 1. The molecule has 0 aliphatic carbocycles. The van der Waals surface area contributed by atoms with Crippen molar-refractivity contribution in [1.82, 2.24) is 5.43 Å². The number of hydrogen-bond donors (Lipinski definition) is 2. The Labute approximate surface area is 188 Å². The van der Waals surface area contributed by atoms with Gasteiger partial charge in [0.05, 0.1) is 32.9 Å². The number of Topliss-reactive ketones (excluding diaryl/α,β-unsaturated/α-hetero) is 1. The minimum absolute atomic E-state index is 0.0426. The van der Waals surface area contributed by atoms with Gasteiger partial charge in [-0.1, -0.05) is 58.5 Å². The quantitative estimate of drug-likeness (QED) is 0.216. The average Bonchev–Trinajstić information content (AvgIpc) is 2.68. The zero-order chi connectivity index (χ0) is 21.4. The van der Waals surface area contributed by atoms with Crippen LogP contribution in [0.5, 0.6) is 0 Å².